The maximum absolute atomic E-state index is 5.58. The second kappa shape index (κ2) is 8.70. The molecule has 4 heteroatoms. The van der Waals surface area contributed by atoms with E-state index in [1.165, 1.54) is 50.8 Å². The zero-order valence-electron chi connectivity index (χ0n) is 16.1. The van der Waals surface area contributed by atoms with E-state index in [0.29, 0.717) is 12.7 Å². The lowest BCUT2D eigenvalue weighted by atomic mass is 9.88. The number of likely N-dealkylation sites (tertiary alicyclic amines) is 1. The highest BCUT2D eigenvalue weighted by atomic mass is 16.7. The van der Waals surface area contributed by atoms with Crippen LogP contribution in [0.1, 0.15) is 57.4 Å². The number of quaternary nitrogens is 1. The molecule has 0 amide bonds. The first-order valence-electron chi connectivity index (χ1n) is 9.91. The highest BCUT2D eigenvalue weighted by Crippen LogP contribution is 2.36. The fourth-order valence-electron chi connectivity index (χ4n) is 3.76. The molecule has 2 aliphatic rings. The summed E-state index contributed by atoms with van der Waals surface area (Å²) in [5.74, 6) is 3.12. The topological polar surface area (TPSA) is 36.9 Å². The van der Waals surface area contributed by atoms with Crippen molar-refractivity contribution >= 4 is 5.71 Å². The fraction of sp³-hybridized carbons (Fsp3) is 0.667. The van der Waals surface area contributed by atoms with E-state index in [-0.39, 0.29) is 0 Å². The monoisotopic (exact) mass is 346 g/mol. The van der Waals surface area contributed by atoms with E-state index in [0.717, 1.165) is 24.0 Å². The van der Waals surface area contributed by atoms with Crippen molar-refractivity contribution < 1.29 is 19.4 Å². The molecular weight excluding hydrogens is 312 g/mol. The van der Waals surface area contributed by atoms with Gasteiger partial charge >= 0.3 is 0 Å². The van der Waals surface area contributed by atoms with Gasteiger partial charge in [0.15, 0.2) is 17.2 Å². The molecule has 2 heterocycles. The first kappa shape index (κ1) is 18.2. The van der Waals surface area contributed by atoms with Gasteiger partial charge < -0.3 is 14.4 Å². The SMILES string of the molecule is CC(C)CC[C@H](CC[NH+]=C1CC[NH+](C)CC1)c1ccc2c(c1)OCO2. The van der Waals surface area contributed by atoms with E-state index in [1.54, 1.807) is 10.6 Å². The van der Waals surface area contributed by atoms with E-state index in [9.17, 15) is 0 Å². The standard InChI is InChI=1S/C21H32N2O2/c1-16(2)4-5-17(8-11-22-19-9-12-23(3)13-10-19)18-6-7-20-21(14-18)25-15-24-20/h6-7,14,16-17H,4-5,8-13,15H2,1-3H3/p+2/t17-/m1/s1. The zero-order chi connectivity index (χ0) is 17.6. The third-order valence-corrected chi connectivity index (χ3v) is 5.54. The Morgan fingerprint density at radius 3 is 2.56 bits per heavy atom. The molecule has 1 aromatic rings. The van der Waals surface area contributed by atoms with E-state index in [2.05, 4.69) is 44.1 Å². The summed E-state index contributed by atoms with van der Waals surface area (Å²) >= 11 is 0. The minimum atomic E-state index is 0.353. The first-order chi connectivity index (χ1) is 12.1. The third kappa shape index (κ3) is 5.21. The van der Waals surface area contributed by atoms with E-state index in [1.807, 2.05) is 0 Å². The zero-order valence-corrected chi connectivity index (χ0v) is 16.1. The lowest BCUT2D eigenvalue weighted by Crippen LogP contribution is -3.10. The number of nitrogens with one attached hydrogen (secondary N) is 2. The maximum Gasteiger partial charge on any atom is 0.231 e. The van der Waals surface area contributed by atoms with Crippen molar-refractivity contribution in [2.45, 2.75) is 51.9 Å². The molecule has 0 aromatic heterocycles. The Hall–Kier alpha value is -1.55. The molecule has 0 radical (unpaired) electrons. The number of hydrogen-bond donors (Lipinski definition) is 2. The second-order valence-electron chi connectivity index (χ2n) is 8.06. The third-order valence-electron chi connectivity index (χ3n) is 5.54. The Bertz CT molecular complexity index is 588. The Morgan fingerprint density at radius 2 is 1.80 bits per heavy atom. The lowest BCUT2D eigenvalue weighted by Gasteiger charge is -2.19. The molecule has 2 N–H and O–H groups in total. The number of benzene rings is 1. The molecule has 0 spiro atoms. The van der Waals surface area contributed by atoms with Gasteiger partial charge in [-0.3, -0.25) is 0 Å². The number of piperidine rings is 1. The van der Waals surface area contributed by atoms with Gasteiger partial charge in [-0.05, 0) is 36.0 Å². The van der Waals surface area contributed by atoms with Crippen LogP contribution in [-0.4, -0.2) is 39.2 Å². The molecule has 3 rings (SSSR count). The molecule has 0 saturated carbocycles. The van der Waals surface area contributed by atoms with Crippen LogP contribution in [0.2, 0.25) is 0 Å². The van der Waals surface area contributed by atoms with Crippen LogP contribution in [0, 0.1) is 5.92 Å². The Morgan fingerprint density at radius 1 is 1.04 bits per heavy atom. The van der Waals surface area contributed by atoms with Gasteiger partial charge in [0, 0.05) is 6.42 Å². The molecule has 1 fully saturated rings. The molecule has 1 atom stereocenters. The molecule has 0 aliphatic carbocycles. The molecular formula is C21H34N2O2+2. The largest absolute Gasteiger partial charge is 0.454 e. The highest BCUT2D eigenvalue weighted by molar-refractivity contribution is 5.79. The van der Waals surface area contributed by atoms with Crippen molar-refractivity contribution in [3.63, 3.8) is 0 Å². The van der Waals surface area contributed by atoms with Crippen LogP contribution in [0.4, 0.5) is 0 Å². The van der Waals surface area contributed by atoms with Crippen LogP contribution in [0.3, 0.4) is 0 Å². The van der Waals surface area contributed by atoms with Crippen molar-refractivity contribution in [2.75, 3.05) is 33.5 Å². The van der Waals surface area contributed by atoms with Gasteiger partial charge in [0.2, 0.25) is 6.79 Å². The maximum atomic E-state index is 5.58. The summed E-state index contributed by atoms with van der Waals surface area (Å²) in [6, 6.07) is 6.49. The van der Waals surface area contributed by atoms with Gasteiger partial charge in [0.25, 0.3) is 0 Å². The molecule has 4 nitrogen and oxygen atoms in total. The van der Waals surface area contributed by atoms with Crippen molar-refractivity contribution in [1.82, 2.24) is 0 Å². The summed E-state index contributed by atoms with van der Waals surface area (Å²) in [6.07, 6.45) is 6.14. The van der Waals surface area contributed by atoms with E-state index in [4.69, 9.17) is 9.47 Å². The summed E-state index contributed by atoms with van der Waals surface area (Å²) in [4.78, 5) is 5.38. The molecule has 0 unspecified atom stereocenters. The van der Waals surface area contributed by atoms with Crippen molar-refractivity contribution in [2.24, 2.45) is 5.92 Å². The van der Waals surface area contributed by atoms with Gasteiger partial charge in [0.1, 0.15) is 6.54 Å². The highest BCUT2D eigenvalue weighted by Gasteiger charge is 2.21. The van der Waals surface area contributed by atoms with Crippen molar-refractivity contribution in [3.05, 3.63) is 23.8 Å². The van der Waals surface area contributed by atoms with Crippen LogP contribution in [0.15, 0.2) is 18.2 Å². The predicted octanol–water partition coefficient (Wildman–Crippen LogP) is 1.16. The van der Waals surface area contributed by atoms with Crippen LogP contribution in [-0.2, 0) is 0 Å². The summed E-state index contributed by atoms with van der Waals surface area (Å²) in [5, 5.41) is 0. The van der Waals surface area contributed by atoms with Gasteiger partial charge in [0.05, 0.1) is 33.0 Å². The van der Waals surface area contributed by atoms with E-state index >= 15 is 0 Å². The Balaban J connectivity index is 1.62. The molecule has 1 aromatic carbocycles. The van der Waals surface area contributed by atoms with Gasteiger partial charge in [-0.2, -0.15) is 0 Å². The molecule has 25 heavy (non-hydrogen) atoms. The number of hydrogen-bond acceptors (Lipinski definition) is 2. The molecule has 138 valence electrons. The van der Waals surface area contributed by atoms with Crippen LogP contribution in [0.25, 0.3) is 0 Å². The predicted molar refractivity (Wildman–Crippen MR) is 101 cm³/mol. The Labute approximate surface area is 152 Å². The molecule has 1 saturated heterocycles. The smallest absolute Gasteiger partial charge is 0.231 e. The average Bonchev–Trinajstić information content (AvgIpc) is 3.07. The average molecular weight is 347 g/mol. The van der Waals surface area contributed by atoms with Crippen LogP contribution in [0.5, 0.6) is 11.5 Å². The van der Waals surface area contributed by atoms with Crippen molar-refractivity contribution in [3.8, 4) is 11.5 Å². The van der Waals surface area contributed by atoms with Crippen LogP contribution >= 0.6 is 0 Å². The summed E-state index contributed by atoms with van der Waals surface area (Å²) in [5.41, 5.74) is 2.95. The summed E-state index contributed by atoms with van der Waals surface area (Å²) in [6.45, 7) is 8.58. The first-order valence-corrected chi connectivity index (χ1v) is 9.91. The Kier molecular flexibility index (Phi) is 6.35. The van der Waals surface area contributed by atoms with E-state index < -0.39 is 0 Å². The lowest BCUT2D eigenvalue weighted by molar-refractivity contribution is -0.881. The molecule has 0 bridgehead atoms. The number of rotatable bonds is 7. The van der Waals surface area contributed by atoms with Gasteiger partial charge in [-0.25, -0.2) is 4.99 Å². The minimum Gasteiger partial charge on any atom is -0.454 e. The van der Waals surface area contributed by atoms with Crippen LogP contribution < -0.4 is 19.4 Å². The normalized spacial score (nSPS) is 20.8. The fourth-order valence-corrected chi connectivity index (χ4v) is 3.76. The quantitative estimate of drug-likeness (QED) is 0.777. The number of fused-ring (bicyclic) bond motifs is 1. The van der Waals surface area contributed by atoms with Gasteiger partial charge in [-0.15, -0.1) is 0 Å². The summed E-state index contributed by atoms with van der Waals surface area (Å²) in [7, 11) is 2.29. The molecule has 2 aliphatic heterocycles. The second-order valence-corrected chi connectivity index (χ2v) is 8.06. The number of ether oxygens (including phenoxy) is 2. The minimum absolute atomic E-state index is 0.353. The van der Waals surface area contributed by atoms with Crippen molar-refractivity contribution in [1.29, 1.82) is 0 Å². The summed E-state index contributed by atoms with van der Waals surface area (Å²) < 4.78 is 11.0. The van der Waals surface area contributed by atoms with Gasteiger partial charge in [-0.1, -0.05) is 26.3 Å².